The number of hydrogen-bond donors (Lipinski definition) is 0. The third-order valence-corrected chi connectivity index (χ3v) is 16.0. The van der Waals surface area contributed by atoms with E-state index in [-0.39, 0.29) is 10.8 Å². The largest absolute Gasteiger partial charge is 0.456 e. The Hall–Kier alpha value is -5.32. The van der Waals surface area contributed by atoms with E-state index in [1.165, 1.54) is 77.2 Å². The van der Waals surface area contributed by atoms with Crippen molar-refractivity contribution in [2.24, 2.45) is 0 Å². The van der Waals surface area contributed by atoms with E-state index >= 15 is 0 Å². The molecule has 0 spiro atoms. The van der Waals surface area contributed by atoms with Gasteiger partial charge in [0, 0.05) is 39.8 Å². The molecule has 4 heteroatoms. The van der Waals surface area contributed by atoms with Gasteiger partial charge in [0.25, 0.3) is 0 Å². The van der Waals surface area contributed by atoms with Gasteiger partial charge in [-0.05, 0) is 145 Å². The summed E-state index contributed by atoms with van der Waals surface area (Å²) in [5.41, 5.74) is 19.6. The minimum Gasteiger partial charge on any atom is -0.456 e. The standard InChI is InChI=1S/C54H60N2OSi/c1-33-27-35(3)49(36(4)28-33)55(41-19-15-39(16-20-41)53(7,8)9)43-24-26-48-46(31-43)51-52(58(48,13)14)45-25-23-44(32-47(45)57-51)56(50-37(5)29-34(2)30-38(50)6)42-21-17-40(18-22-42)54(10,11)12/h15-32H,1-14H3. The second-order valence-electron chi connectivity index (χ2n) is 19.6. The lowest BCUT2D eigenvalue weighted by Gasteiger charge is -2.30. The minimum absolute atomic E-state index is 0.0747. The molecular weight excluding hydrogens is 721 g/mol. The van der Waals surface area contributed by atoms with Crippen LogP contribution in [0.4, 0.5) is 34.1 Å². The van der Waals surface area contributed by atoms with Crippen LogP contribution in [0.25, 0.3) is 22.3 Å². The fourth-order valence-corrected chi connectivity index (χ4v) is 12.9. The van der Waals surface area contributed by atoms with E-state index < -0.39 is 8.07 Å². The SMILES string of the molecule is Cc1cc(C)c(N(c2ccc(C(C)(C)C)cc2)c2ccc3c(c2)-c2oc4cc(N(c5ccc(C(C)(C)C)cc5)c5c(C)cc(C)cc5C)ccc4c2[Si]3(C)C)c(C)c1. The lowest BCUT2D eigenvalue weighted by molar-refractivity contribution is 0.590. The van der Waals surface area contributed by atoms with Gasteiger partial charge in [0.1, 0.15) is 19.4 Å². The molecule has 2 heterocycles. The Morgan fingerprint density at radius 3 is 1.29 bits per heavy atom. The average molecular weight is 781 g/mol. The molecule has 3 nitrogen and oxygen atoms in total. The molecule has 0 bridgehead atoms. The molecule has 0 fully saturated rings. The topological polar surface area (TPSA) is 19.6 Å². The molecule has 1 aromatic heterocycles. The molecule has 296 valence electrons. The van der Waals surface area contributed by atoms with Gasteiger partial charge >= 0.3 is 0 Å². The predicted molar refractivity (Wildman–Crippen MR) is 254 cm³/mol. The molecule has 0 unspecified atom stereocenters. The normalized spacial score (nSPS) is 13.5. The maximum atomic E-state index is 7.13. The first-order valence-corrected chi connectivity index (χ1v) is 23.9. The molecule has 8 rings (SSSR count). The van der Waals surface area contributed by atoms with Crippen LogP contribution < -0.4 is 20.2 Å². The smallest absolute Gasteiger partial charge is 0.136 e. The number of benzene rings is 6. The Bertz CT molecular complexity index is 2670. The first-order valence-electron chi connectivity index (χ1n) is 20.9. The fraction of sp³-hybridized carbons (Fsp3) is 0.296. The van der Waals surface area contributed by atoms with E-state index in [2.05, 4.69) is 215 Å². The second kappa shape index (κ2) is 13.9. The first kappa shape index (κ1) is 39.5. The van der Waals surface area contributed by atoms with Crippen LogP contribution in [0.1, 0.15) is 86.1 Å². The van der Waals surface area contributed by atoms with Gasteiger partial charge in [-0.1, -0.05) is 120 Å². The van der Waals surface area contributed by atoms with Crippen LogP contribution in [0.3, 0.4) is 0 Å². The van der Waals surface area contributed by atoms with Gasteiger partial charge in [0.05, 0.1) is 11.4 Å². The maximum absolute atomic E-state index is 7.13. The van der Waals surface area contributed by atoms with Gasteiger partial charge in [-0.25, -0.2) is 0 Å². The zero-order chi connectivity index (χ0) is 41.6. The van der Waals surface area contributed by atoms with Crippen molar-refractivity contribution >= 4 is 63.5 Å². The summed E-state index contributed by atoms with van der Waals surface area (Å²) in [5.74, 6) is 1.03. The quantitative estimate of drug-likeness (QED) is 0.157. The Morgan fingerprint density at radius 1 is 0.466 bits per heavy atom. The molecule has 0 atom stereocenters. The summed E-state index contributed by atoms with van der Waals surface area (Å²) >= 11 is 0. The molecule has 0 amide bonds. The predicted octanol–water partition coefficient (Wildman–Crippen LogP) is 14.6. The number of furan rings is 1. The van der Waals surface area contributed by atoms with Crippen molar-refractivity contribution in [1.29, 1.82) is 0 Å². The van der Waals surface area contributed by atoms with E-state index in [1.807, 2.05) is 0 Å². The first-order chi connectivity index (χ1) is 27.2. The highest BCUT2D eigenvalue weighted by Gasteiger charge is 2.42. The molecule has 0 aliphatic carbocycles. The van der Waals surface area contributed by atoms with Gasteiger partial charge < -0.3 is 14.2 Å². The van der Waals surface area contributed by atoms with E-state index in [4.69, 9.17) is 4.42 Å². The Morgan fingerprint density at radius 2 is 0.862 bits per heavy atom. The van der Waals surface area contributed by atoms with Crippen molar-refractivity contribution < 1.29 is 4.42 Å². The number of anilines is 6. The van der Waals surface area contributed by atoms with Crippen LogP contribution in [-0.4, -0.2) is 8.07 Å². The average Bonchev–Trinajstić information content (AvgIpc) is 3.63. The molecule has 6 aromatic carbocycles. The Balaban J connectivity index is 1.29. The van der Waals surface area contributed by atoms with E-state index in [1.54, 1.807) is 0 Å². The molecule has 1 aliphatic heterocycles. The van der Waals surface area contributed by atoms with E-state index in [0.29, 0.717) is 0 Å². The Kier molecular flexibility index (Phi) is 9.47. The van der Waals surface area contributed by atoms with Gasteiger partial charge in [-0.3, -0.25) is 0 Å². The van der Waals surface area contributed by atoms with Gasteiger partial charge in [-0.15, -0.1) is 0 Å². The van der Waals surface area contributed by atoms with Crippen LogP contribution in [0, 0.1) is 41.5 Å². The second-order valence-corrected chi connectivity index (χ2v) is 23.9. The van der Waals surface area contributed by atoms with Crippen LogP contribution in [0.2, 0.25) is 13.1 Å². The van der Waals surface area contributed by atoms with Crippen molar-refractivity contribution in [2.45, 2.75) is 107 Å². The van der Waals surface area contributed by atoms with Crippen molar-refractivity contribution in [3.8, 4) is 11.3 Å². The maximum Gasteiger partial charge on any atom is 0.136 e. The molecule has 0 saturated heterocycles. The molecule has 0 N–H and O–H groups in total. The van der Waals surface area contributed by atoms with Crippen molar-refractivity contribution in [1.82, 2.24) is 0 Å². The summed E-state index contributed by atoms with van der Waals surface area (Å²) < 4.78 is 7.13. The lowest BCUT2D eigenvalue weighted by atomic mass is 9.87. The number of aryl methyl sites for hydroxylation is 6. The van der Waals surface area contributed by atoms with Gasteiger partial charge in [0.15, 0.2) is 0 Å². The third kappa shape index (κ3) is 6.69. The van der Waals surface area contributed by atoms with Crippen LogP contribution in [0.15, 0.2) is 114 Å². The number of hydrogen-bond acceptors (Lipinski definition) is 3. The molecule has 7 aromatic rings. The molecular formula is C54H60N2OSi. The zero-order valence-corrected chi connectivity index (χ0v) is 38.2. The third-order valence-electron chi connectivity index (χ3n) is 12.4. The highest BCUT2D eigenvalue weighted by molar-refractivity contribution is 7.05. The summed E-state index contributed by atoms with van der Waals surface area (Å²) in [5, 5.41) is 4.06. The van der Waals surface area contributed by atoms with Crippen LogP contribution >= 0.6 is 0 Å². The number of rotatable bonds is 6. The summed E-state index contributed by atoms with van der Waals surface area (Å²) in [7, 11) is -2.11. The molecule has 0 saturated carbocycles. The minimum atomic E-state index is -2.11. The van der Waals surface area contributed by atoms with Crippen molar-refractivity contribution in [3.63, 3.8) is 0 Å². The monoisotopic (exact) mass is 780 g/mol. The van der Waals surface area contributed by atoms with Crippen molar-refractivity contribution in [2.75, 3.05) is 9.80 Å². The Labute approximate surface area is 348 Å². The highest BCUT2D eigenvalue weighted by atomic mass is 28.3. The van der Waals surface area contributed by atoms with Gasteiger partial charge in [-0.2, -0.15) is 0 Å². The molecule has 1 aliphatic rings. The molecule has 0 radical (unpaired) electrons. The summed E-state index contributed by atoms with van der Waals surface area (Å²) in [6.07, 6.45) is 0. The fourth-order valence-electron chi connectivity index (χ4n) is 9.66. The molecule has 58 heavy (non-hydrogen) atoms. The van der Waals surface area contributed by atoms with Crippen LogP contribution in [0.5, 0.6) is 0 Å². The summed E-state index contributed by atoms with van der Waals surface area (Å²) in [6.45, 7) is 31.9. The number of nitrogens with zero attached hydrogens (tertiary/aromatic N) is 2. The lowest BCUT2D eigenvalue weighted by Crippen LogP contribution is -2.49. The zero-order valence-electron chi connectivity index (χ0n) is 37.2. The van der Waals surface area contributed by atoms with Crippen molar-refractivity contribution in [3.05, 3.63) is 154 Å². The van der Waals surface area contributed by atoms with E-state index in [9.17, 15) is 0 Å². The van der Waals surface area contributed by atoms with E-state index in [0.717, 1.165) is 34.1 Å². The summed E-state index contributed by atoms with van der Waals surface area (Å²) in [6, 6.07) is 41.5. The summed E-state index contributed by atoms with van der Waals surface area (Å²) in [4.78, 5) is 4.88. The number of fused-ring (bicyclic) bond motifs is 5. The van der Waals surface area contributed by atoms with Gasteiger partial charge in [0.2, 0.25) is 0 Å². The highest BCUT2D eigenvalue weighted by Crippen LogP contribution is 2.45. The van der Waals surface area contributed by atoms with Crippen LogP contribution in [-0.2, 0) is 10.8 Å².